The standard InChI is InChI=1S/C35H46F3NO3/c1-23-19-27(21-31(33(23)41)35(36,37)38)20-28(24(2)40)10-6-4-3-5-9-25-13-15-26(16-14-25)17-18-30-22-29-11-7-8-12-32(29)39-34(30)42/h7-8,11-12,19,21,25-26,28,30,41H,3-6,9-10,13-18,20,22H2,1-2H3,(H,39,42)/t25?,26?,28-,30?/m1/s1. The third-order valence-electron chi connectivity index (χ3n) is 9.64. The summed E-state index contributed by atoms with van der Waals surface area (Å²) in [6.45, 7) is 2.97. The summed E-state index contributed by atoms with van der Waals surface area (Å²) in [7, 11) is 0. The second-order valence-electron chi connectivity index (χ2n) is 12.8. The first-order valence-electron chi connectivity index (χ1n) is 15.8. The first-order chi connectivity index (χ1) is 20.0. The largest absolute Gasteiger partial charge is 0.507 e. The molecule has 0 radical (unpaired) electrons. The highest BCUT2D eigenvalue weighted by Gasteiger charge is 2.35. The zero-order chi connectivity index (χ0) is 30.3. The molecule has 7 heteroatoms. The molecule has 1 unspecified atom stereocenters. The number of ketones is 1. The molecule has 4 rings (SSSR count). The molecule has 2 aromatic rings. The van der Waals surface area contributed by atoms with Crippen molar-refractivity contribution in [1.29, 1.82) is 0 Å². The third-order valence-corrected chi connectivity index (χ3v) is 9.64. The Morgan fingerprint density at radius 1 is 0.976 bits per heavy atom. The van der Waals surface area contributed by atoms with E-state index >= 15 is 0 Å². The van der Waals surface area contributed by atoms with Gasteiger partial charge in [-0.3, -0.25) is 9.59 Å². The number of anilines is 1. The Morgan fingerprint density at radius 2 is 1.64 bits per heavy atom. The molecule has 2 aromatic carbocycles. The summed E-state index contributed by atoms with van der Waals surface area (Å²) >= 11 is 0. The van der Waals surface area contributed by atoms with Crippen LogP contribution >= 0.6 is 0 Å². The van der Waals surface area contributed by atoms with Gasteiger partial charge in [0.15, 0.2) is 0 Å². The molecular formula is C35H46F3NO3. The Balaban J connectivity index is 1.10. The number of benzene rings is 2. The second kappa shape index (κ2) is 14.6. The summed E-state index contributed by atoms with van der Waals surface area (Å²) in [4.78, 5) is 24.8. The van der Waals surface area contributed by atoms with Gasteiger partial charge in [0.1, 0.15) is 11.5 Å². The minimum Gasteiger partial charge on any atom is -0.507 e. The Kier molecular flexibility index (Phi) is 11.1. The molecule has 0 aromatic heterocycles. The molecule has 1 heterocycles. The van der Waals surface area contributed by atoms with Crippen molar-refractivity contribution < 1.29 is 27.9 Å². The fraction of sp³-hybridized carbons (Fsp3) is 0.600. The zero-order valence-electron chi connectivity index (χ0n) is 25.1. The maximum atomic E-state index is 13.3. The predicted octanol–water partition coefficient (Wildman–Crippen LogP) is 9.21. The first kappa shape index (κ1) is 32.1. The van der Waals surface area contributed by atoms with Crippen molar-refractivity contribution in [2.45, 2.75) is 110 Å². The molecular weight excluding hydrogens is 539 g/mol. The number of aromatic hydroxyl groups is 1. The van der Waals surface area contributed by atoms with E-state index < -0.39 is 17.5 Å². The summed E-state index contributed by atoms with van der Waals surface area (Å²) in [6.07, 6.45) is 9.72. The van der Waals surface area contributed by atoms with E-state index in [1.54, 1.807) is 6.07 Å². The number of phenols is 1. The van der Waals surface area contributed by atoms with Crippen LogP contribution in [-0.2, 0) is 28.6 Å². The number of aryl methyl sites for hydroxylation is 1. The lowest BCUT2D eigenvalue weighted by molar-refractivity contribution is -0.138. The number of nitrogens with one attached hydrogen (secondary N) is 1. The Hall–Kier alpha value is -2.83. The van der Waals surface area contributed by atoms with Gasteiger partial charge in [0, 0.05) is 17.5 Å². The third kappa shape index (κ3) is 8.84. The summed E-state index contributed by atoms with van der Waals surface area (Å²) < 4.78 is 39.9. The van der Waals surface area contributed by atoms with Gasteiger partial charge in [0.05, 0.1) is 5.56 Å². The number of para-hydroxylation sites is 1. The highest BCUT2D eigenvalue weighted by atomic mass is 19.4. The number of hydrogen-bond donors (Lipinski definition) is 2. The number of unbranched alkanes of at least 4 members (excludes halogenated alkanes) is 3. The molecule has 1 fully saturated rings. The Morgan fingerprint density at radius 3 is 2.33 bits per heavy atom. The van der Waals surface area contributed by atoms with E-state index in [0.717, 1.165) is 62.1 Å². The first-order valence-corrected chi connectivity index (χ1v) is 15.8. The molecule has 230 valence electrons. The summed E-state index contributed by atoms with van der Waals surface area (Å²) in [5, 5.41) is 12.9. The van der Waals surface area contributed by atoms with Gasteiger partial charge in [-0.05, 0) is 86.6 Å². The molecule has 0 bridgehead atoms. The molecule has 0 spiro atoms. The van der Waals surface area contributed by atoms with Gasteiger partial charge in [0.25, 0.3) is 0 Å². The highest BCUT2D eigenvalue weighted by Crippen LogP contribution is 2.39. The van der Waals surface area contributed by atoms with E-state index in [9.17, 15) is 27.9 Å². The molecule has 4 nitrogen and oxygen atoms in total. The fourth-order valence-corrected chi connectivity index (χ4v) is 6.99. The van der Waals surface area contributed by atoms with Crippen molar-refractivity contribution >= 4 is 17.4 Å². The lowest BCUT2D eigenvalue weighted by Gasteiger charge is -2.30. The van der Waals surface area contributed by atoms with E-state index in [0.29, 0.717) is 12.0 Å². The normalized spacial score (nSPS) is 21.5. The van der Waals surface area contributed by atoms with Crippen LogP contribution < -0.4 is 5.32 Å². The number of carbonyl (C=O) groups is 2. The van der Waals surface area contributed by atoms with Gasteiger partial charge in [-0.1, -0.05) is 82.1 Å². The number of halogens is 3. The van der Waals surface area contributed by atoms with Gasteiger partial charge in [0.2, 0.25) is 5.91 Å². The molecule has 1 aliphatic carbocycles. The molecule has 2 N–H and O–H groups in total. The van der Waals surface area contributed by atoms with E-state index in [-0.39, 0.29) is 35.5 Å². The fourth-order valence-electron chi connectivity index (χ4n) is 6.99. The Bertz CT molecular complexity index is 1220. The smallest absolute Gasteiger partial charge is 0.419 e. The summed E-state index contributed by atoms with van der Waals surface area (Å²) in [5.74, 6) is 0.709. The van der Waals surface area contributed by atoms with Gasteiger partial charge in [-0.2, -0.15) is 13.2 Å². The van der Waals surface area contributed by atoms with E-state index in [2.05, 4.69) is 11.4 Å². The number of fused-ring (bicyclic) bond motifs is 1. The summed E-state index contributed by atoms with van der Waals surface area (Å²) in [6, 6.07) is 10.6. The van der Waals surface area contributed by atoms with Crippen LogP contribution in [0.5, 0.6) is 5.75 Å². The lowest BCUT2D eigenvalue weighted by atomic mass is 9.76. The molecule has 1 saturated carbocycles. The van der Waals surface area contributed by atoms with Crippen molar-refractivity contribution in [3.05, 3.63) is 58.7 Å². The summed E-state index contributed by atoms with van der Waals surface area (Å²) in [5.41, 5.74) is 1.80. The predicted molar refractivity (Wildman–Crippen MR) is 160 cm³/mol. The monoisotopic (exact) mass is 585 g/mol. The van der Waals surface area contributed by atoms with Crippen LogP contribution in [0.25, 0.3) is 0 Å². The number of carbonyl (C=O) groups excluding carboxylic acids is 2. The van der Waals surface area contributed by atoms with Crippen molar-refractivity contribution in [3.63, 3.8) is 0 Å². The Labute approximate surface area is 248 Å². The average Bonchev–Trinajstić information content (AvgIpc) is 2.94. The average molecular weight is 586 g/mol. The molecule has 0 saturated heterocycles. The molecule has 1 amide bonds. The highest BCUT2D eigenvalue weighted by molar-refractivity contribution is 5.95. The van der Waals surface area contributed by atoms with Crippen molar-refractivity contribution in [3.8, 4) is 5.75 Å². The molecule has 2 aliphatic rings. The van der Waals surface area contributed by atoms with Crippen LogP contribution in [0.4, 0.5) is 18.9 Å². The van der Waals surface area contributed by atoms with Crippen LogP contribution in [0.1, 0.15) is 106 Å². The number of phenolic OH excluding ortho intramolecular Hbond substituents is 1. The number of rotatable bonds is 13. The molecule has 1 aliphatic heterocycles. The van der Waals surface area contributed by atoms with Gasteiger partial charge >= 0.3 is 6.18 Å². The number of amides is 1. The van der Waals surface area contributed by atoms with Crippen molar-refractivity contribution in [2.24, 2.45) is 23.7 Å². The maximum Gasteiger partial charge on any atom is 0.419 e. The number of hydrogen-bond acceptors (Lipinski definition) is 3. The van der Waals surface area contributed by atoms with E-state index in [4.69, 9.17) is 0 Å². The van der Waals surface area contributed by atoms with Crippen LogP contribution in [0.2, 0.25) is 0 Å². The van der Waals surface area contributed by atoms with Gasteiger partial charge in [-0.15, -0.1) is 0 Å². The topological polar surface area (TPSA) is 66.4 Å². The SMILES string of the molecule is CC(=O)[C@H](CCCCCCC1CCC(CCC2Cc3ccccc3NC2=O)CC1)Cc1cc(C)c(O)c(C(F)(F)F)c1. The number of Topliss-reactive ketones (excluding diaryl/α,β-unsaturated/α-hetero) is 1. The zero-order valence-corrected chi connectivity index (χ0v) is 25.1. The van der Waals surface area contributed by atoms with Crippen LogP contribution in [-0.4, -0.2) is 16.8 Å². The van der Waals surface area contributed by atoms with Crippen molar-refractivity contribution in [2.75, 3.05) is 5.32 Å². The van der Waals surface area contributed by atoms with Crippen LogP contribution in [0.15, 0.2) is 36.4 Å². The second-order valence-corrected chi connectivity index (χ2v) is 12.8. The number of alkyl halides is 3. The minimum atomic E-state index is -4.63. The molecule has 42 heavy (non-hydrogen) atoms. The lowest BCUT2D eigenvalue weighted by Crippen LogP contribution is -2.30. The van der Waals surface area contributed by atoms with Crippen LogP contribution in [0, 0.1) is 30.6 Å². The quantitative estimate of drug-likeness (QED) is 0.230. The van der Waals surface area contributed by atoms with Crippen LogP contribution in [0.3, 0.4) is 0 Å². The van der Waals surface area contributed by atoms with Crippen molar-refractivity contribution in [1.82, 2.24) is 0 Å². The maximum absolute atomic E-state index is 13.3. The molecule has 2 atom stereocenters. The van der Waals surface area contributed by atoms with Gasteiger partial charge in [-0.25, -0.2) is 0 Å². The minimum absolute atomic E-state index is 0.0000200. The van der Waals surface area contributed by atoms with E-state index in [1.165, 1.54) is 57.9 Å². The van der Waals surface area contributed by atoms with Gasteiger partial charge < -0.3 is 10.4 Å². The van der Waals surface area contributed by atoms with E-state index in [1.807, 2.05) is 18.2 Å².